The van der Waals surface area contributed by atoms with Gasteiger partial charge in [-0.15, -0.1) is 0 Å². The van der Waals surface area contributed by atoms with Crippen LogP contribution < -0.4 is 5.32 Å². The van der Waals surface area contributed by atoms with E-state index < -0.39 is 24.1 Å². The lowest BCUT2D eigenvalue weighted by Crippen LogP contribution is -2.48. The van der Waals surface area contributed by atoms with E-state index in [0.717, 1.165) is 29.7 Å². The highest BCUT2D eigenvalue weighted by Gasteiger charge is 2.51. The fourth-order valence-electron chi connectivity index (χ4n) is 4.06. The zero-order valence-corrected chi connectivity index (χ0v) is 15.3. The molecular formula is C20H20N4O4. The Morgan fingerprint density at radius 2 is 2.04 bits per heavy atom. The molecule has 1 spiro atoms. The Balaban J connectivity index is 1.42. The van der Waals surface area contributed by atoms with Crippen molar-refractivity contribution in [2.45, 2.75) is 44.2 Å². The van der Waals surface area contributed by atoms with Gasteiger partial charge >= 0.3 is 12.0 Å². The highest BCUT2D eigenvalue weighted by Crippen LogP contribution is 2.33. The fraction of sp³-hybridized carbons (Fsp3) is 0.400. The molecule has 0 unspecified atom stereocenters. The molecule has 0 radical (unpaired) electrons. The second kappa shape index (κ2) is 7.00. The number of carbonyl (C=O) groups is 3. The molecule has 2 aromatic heterocycles. The summed E-state index contributed by atoms with van der Waals surface area (Å²) in [4.78, 5) is 38.1. The minimum atomic E-state index is -0.858. The number of hydrogen-bond donors (Lipinski definition) is 1. The predicted molar refractivity (Wildman–Crippen MR) is 98.0 cm³/mol. The van der Waals surface area contributed by atoms with Crippen molar-refractivity contribution < 1.29 is 19.1 Å². The van der Waals surface area contributed by atoms with E-state index in [1.165, 1.54) is 0 Å². The zero-order chi connectivity index (χ0) is 19.7. The third kappa shape index (κ3) is 2.99. The predicted octanol–water partition coefficient (Wildman–Crippen LogP) is 2.11. The maximum absolute atomic E-state index is 12.7. The average Bonchev–Trinajstić information content (AvgIpc) is 3.17. The summed E-state index contributed by atoms with van der Waals surface area (Å²) in [7, 11) is 0. The number of imide groups is 1. The van der Waals surface area contributed by atoms with E-state index in [9.17, 15) is 19.6 Å². The van der Waals surface area contributed by atoms with Crippen LogP contribution in [0.1, 0.15) is 43.2 Å². The summed E-state index contributed by atoms with van der Waals surface area (Å²) in [5.41, 5.74) is 0.876. The SMILES string of the molecule is N#Cc1c(COC(=O)CN2C(=O)NC3(CCCCC3)C2=O)cn2ccccc12. The first-order chi connectivity index (χ1) is 13.5. The maximum atomic E-state index is 12.7. The quantitative estimate of drug-likeness (QED) is 0.646. The number of rotatable bonds is 4. The average molecular weight is 380 g/mol. The molecule has 144 valence electrons. The number of nitrogens with one attached hydrogen (secondary N) is 1. The van der Waals surface area contributed by atoms with E-state index >= 15 is 0 Å². The zero-order valence-electron chi connectivity index (χ0n) is 15.3. The van der Waals surface area contributed by atoms with Crippen molar-refractivity contribution in [2.24, 2.45) is 0 Å². The molecular weight excluding hydrogens is 360 g/mol. The van der Waals surface area contributed by atoms with Gasteiger partial charge in [0.2, 0.25) is 0 Å². The van der Waals surface area contributed by atoms with E-state index in [-0.39, 0.29) is 12.5 Å². The molecule has 1 N–H and O–H groups in total. The van der Waals surface area contributed by atoms with Gasteiger partial charge in [0.15, 0.2) is 0 Å². The number of nitrogens with zero attached hydrogens (tertiary/aromatic N) is 3. The van der Waals surface area contributed by atoms with Gasteiger partial charge in [0, 0.05) is 18.0 Å². The number of nitriles is 1. The van der Waals surface area contributed by atoms with E-state index in [1.807, 2.05) is 12.1 Å². The highest BCUT2D eigenvalue weighted by atomic mass is 16.5. The van der Waals surface area contributed by atoms with Crippen molar-refractivity contribution in [1.82, 2.24) is 14.6 Å². The number of aromatic nitrogens is 1. The second-order valence-corrected chi connectivity index (χ2v) is 7.26. The van der Waals surface area contributed by atoms with Gasteiger partial charge < -0.3 is 14.5 Å². The normalized spacial score (nSPS) is 18.3. The van der Waals surface area contributed by atoms with Gasteiger partial charge in [-0.2, -0.15) is 5.26 Å². The van der Waals surface area contributed by atoms with Gasteiger partial charge in [-0.3, -0.25) is 14.5 Å². The molecule has 2 fully saturated rings. The van der Waals surface area contributed by atoms with E-state index in [0.29, 0.717) is 24.0 Å². The monoisotopic (exact) mass is 380 g/mol. The Morgan fingerprint density at radius 3 is 2.79 bits per heavy atom. The molecule has 1 aliphatic carbocycles. The van der Waals surface area contributed by atoms with Crippen LogP contribution in [0, 0.1) is 11.3 Å². The molecule has 28 heavy (non-hydrogen) atoms. The Labute approximate surface area is 161 Å². The molecule has 0 atom stereocenters. The first-order valence-electron chi connectivity index (χ1n) is 9.32. The third-order valence-electron chi connectivity index (χ3n) is 5.50. The smallest absolute Gasteiger partial charge is 0.326 e. The van der Waals surface area contributed by atoms with Gasteiger partial charge in [0.1, 0.15) is 24.8 Å². The van der Waals surface area contributed by atoms with E-state index in [1.54, 1.807) is 22.9 Å². The van der Waals surface area contributed by atoms with Crippen molar-refractivity contribution in [3.8, 4) is 6.07 Å². The molecule has 1 saturated heterocycles. The van der Waals surface area contributed by atoms with Crippen molar-refractivity contribution in [3.63, 3.8) is 0 Å². The van der Waals surface area contributed by atoms with E-state index in [4.69, 9.17) is 4.74 Å². The Kier molecular flexibility index (Phi) is 4.51. The van der Waals surface area contributed by atoms with Crippen LogP contribution in [-0.4, -0.2) is 39.3 Å². The Bertz CT molecular complexity index is 997. The largest absolute Gasteiger partial charge is 0.459 e. The van der Waals surface area contributed by atoms with Crippen LogP contribution in [0.2, 0.25) is 0 Å². The highest BCUT2D eigenvalue weighted by molar-refractivity contribution is 6.08. The second-order valence-electron chi connectivity index (χ2n) is 7.26. The van der Waals surface area contributed by atoms with Gasteiger partial charge in [-0.1, -0.05) is 25.3 Å². The van der Waals surface area contributed by atoms with Crippen LogP contribution >= 0.6 is 0 Å². The summed E-state index contributed by atoms with van der Waals surface area (Å²) < 4.78 is 7.04. The number of pyridine rings is 1. The minimum Gasteiger partial charge on any atom is -0.459 e. The van der Waals surface area contributed by atoms with Crippen LogP contribution in [0.3, 0.4) is 0 Å². The molecule has 4 rings (SSSR count). The van der Waals surface area contributed by atoms with Gasteiger partial charge in [0.25, 0.3) is 5.91 Å². The summed E-state index contributed by atoms with van der Waals surface area (Å²) in [6.45, 7) is -0.528. The molecule has 8 heteroatoms. The summed E-state index contributed by atoms with van der Waals surface area (Å²) in [5.74, 6) is -1.03. The van der Waals surface area contributed by atoms with E-state index in [2.05, 4.69) is 11.4 Å². The number of fused-ring (bicyclic) bond motifs is 1. The summed E-state index contributed by atoms with van der Waals surface area (Å²) >= 11 is 0. The number of urea groups is 1. The lowest BCUT2D eigenvalue weighted by atomic mass is 9.82. The molecule has 3 heterocycles. The molecule has 0 bridgehead atoms. The van der Waals surface area contributed by atoms with Crippen LogP contribution in [-0.2, 0) is 20.9 Å². The first-order valence-corrected chi connectivity index (χ1v) is 9.32. The fourth-order valence-corrected chi connectivity index (χ4v) is 4.06. The number of carbonyl (C=O) groups excluding carboxylic acids is 3. The Morgan fingerprint density at radius 1 is 1.25 bits per heavy atom. The van der Waals surface area contributed by atoms with Crippen LogP contribution in [0.4, 0.5) is 4.79 Å². The summed E-state index contributed by atoms with van der Waals surface area (Å²) in [5, 5.41) is 12.2. The third-order valence-corrected chi connectivity index (χ3v) is 5.50. The first kappa shape index (κ1) is 18.0. The van der Waals surface area contributed by atoms with Gasteiger partial charge in [0.05, 0.1) is 11.1 Å². The molecule has 3 amide bonds. The lowest BCUT2D eigenvalue weighted by Gasteiger charge is -2.30. The molecule has 8 nitrogen and oxygen atoms in total. The number of esters is 1. The van der Waals surface area contributed by atoms with Crippen LogP contribution in [0.25, 0.3) is 5.52 Å². The van der Waals surface area contributed by atoms with Gasteiger partial charge in [-0.05, 0) is 25.0 Å². The molecule has 2 aromatic rings. The summed E-state index contributed by atoms with van der Waals surface area (Å²) in [6, 6.07) is 7.05. The van der Waals surface area contributed by atoms with Crippen molar-refractivity contribution in [1.29, 1.82) is 5.26 Å². The summed E-state index contributed by atoms with van der Waals surface area (Å²) in [6.07, 6.45) is 7.54. The molecule has 2 aliphatic rings. The number of hydrogen-bond acceptors (Lipinski definition) is 5. The van der Waals surface area contributed by atoms with Crippen molar-refractivity contribution in [3.05, 3.63) is 41.7 Å². The molecule has 1 aliphatic heterocycles. The Hall–Kier alpha value is -3.34. The molecule has 1 saturated carbocycles. The lowest BCUT2D eigenvalue weighted by molar-refractivity contribution is -0.149. The van der Waals surface area contributed by atoms with Crippen molar-refractivity contribution >= 4 is 23.4 Å². The number of amides is 3. The van der Waals surface area contributed by atoms with Gasteiger partial charge in [-0.25, -0.2) is 4.79 Å². The van der Waals surface area contributed by atoms with Crippen LogP contribution in [0.15, 0.2) is 30.6 Å². The van der Waals surface area contributed by atoms with Crippen LogP contribution in [0.5, 0.6) is 0 Å². The number of ether oxygens (including phenoxy) is 1. The topological polar surface area (TPSA) is 104 Å². The minimum absolute atomic E-state index is 0.0990. The molecule has 0 aromatic carbocycles. The standard InChI is InChI=1S/C20H20N4O4/c21-10-15-14(11-23-9-5-2-6-16(15)23)13-28-17(25)12-24-18(26)20(22-19(24)27)7-3-1-4-8-20/h2,5-6,9,11H,1,3-4,7-8,12-13H2,(H,22,27). The maximum Gasteiger partial charge on any atom is 0.326 e. The van der Waals surface area contributed by atoms with Crippen molar-refractivity contribution in [2.75, 3.05) is 6.54 Å².